The van der Waals surface area contributed by atoms with Crippen LogP contribution < -0.4 is 10.1 Å². The Morgan fingerprint density at radius 3 is 2.56 bits per heavy atom. The quantitative estimate of drug-likeness (QED) is 0.360. The molecule has 0 saturated heterocycles. The van der Waals surface area contributed by atoms with Crippen molar-refractivity contribution in [2.45, 2.75) is 11.3 Å². The number of alkyl halides is 2. The Hall–Kier alpha value is -3.28. The van der Waals surface area contributed by atoms with Crippen molar-refractivity contribution in [1.82, 2.24) is 14.6 Å². The number of aromatic nitrogens is 3. The lowest BCUT2D eigenvalue weighted by molar-refractivity contribution is 0.143. The number of nitrogens with one attached hydrogen (secondary N) is 1. The van der Waals surface area contributed by atoms with Gasteiger partial charge in [-0.3, -0.25) is 5.32 Å². The van der Waals surface area contributed by atoms with Crippen LogP contribution in [0.2, 0.25) is 10.0 Å². The summed E-state index contributed by atoms with van der Waals surface area (Å²) in [4.78, 5) is 16.7. The maximum atomic E-state index is 13.7. The van der Waals surface area contributed by atoms with Crippen molar-refractivity contribution < 1.29 is 26.7 Å². The molecule has 0 fully saturated rings. The maximum absolute atomic E-state index is 13.7. The molecular weight excluding hydrogens is 513 g/mol. The first-order valence-electron chi connectivity index (χ1n) is 9.44. The van der Waals surface area contributed by atoms with Crippen LogP contribution in [0.25, 0.3) is 16.9 Å². The number of benzene rings is 2. The molecule has 1 amide bonds. The molecule has 4 aromatic rings. The summed E-state index contributed by atoms with van der Waals surface area (Å²) in [5.74, 6) is -0.194. The fourth-order valence-electron chi connectivity index (χ4n) is 3.04. The number of sulfone groups is 1. The van der Waals surface area contributed by atoms with Crippen LogP contribution in [-0.4, -0.2) is 35.4 Å². The third kappa shape index (κ3) is 4.96. The number of hydrogen-bond donors (Lipinski definition) is 1. The second kappa shape index (κ2) is 9.16. The molecule has 0 aliphatic rings. The Bertz CT molecular complexity index is 1530. The fraction of sp³-hybridized carbons (Fsp3) is 0.0952. The van der Waals surface area contributed by atoms with Gasteiger partial charge >= 0.3 is 6.09 Å². The zero-order valence-corrected chi connectivity index (χ0v) is 19.5. The minimum atomic E-state index is -3.49. The zero-order chi connectivity index (χ0) is 24.6. The van der Waals surface area contributed by atoms with E-state index in [4.69, 9.17) is 27.9 Å². The van der Waals surface area contributed by atoms with E-state index in [1.165, 1.54) is 36.4 Å². The summed E-state index contributed by atoms with van der Waals surface area (Å²) < 4.78 is 57.0. The lowest BCUT2D eigenvalue weighted by Crippen LogP contribution is -2.17. The Labute approximate surface area is 202 Å². The molecule has 0 saturated carbocycles. The Morgan fingerprint density at radius 1 is 1.12 bits per heavy atom. The van der Waals surface area contributed by atoms with Crippen molar-refractivity contribution in [3.63, 3.8) is 0 Å². The highest BCUT2D eigenvalue weighted by atomic mass is 35.5. The SMILES string of the molecule is CS(=O)(=O)c1cccc(NC(=O)Oc2cnn3c(C(F)F)cc(-c4ccc(Cl)c(Cl)c4)nc23)c1. The lowest BCUT2D eigenvalue weighted by atomic mass is 10.1. The van der Waals surface area contributed by atoms with Crippen LogP contribution in [0.15, 0.2) is 59.6 Å². The third-order valence-electron chi connectivity index (χ3n) is 4.62. The monoisotopic (exact) mass is 526 g/mol. The van der Waals surface area contributed by atoms with E-state index in [2.05, 4.69) is 15.4 Å². The van der Waals surface area contributed by atoms with Gasteiger partial charge in [-0.15, -0.1) is 0 Å². The average molecular weight is 527 g/mol. The van der Waals surface area contributed by atoms with Crippen LogP contribution in [0.3, 0.4) is 0 Å². The molecule has 0 bridgehead atoms. The Kier molecular flexibility index (Phi) is 6.43. The molecule has 1 N–H and O–H groups in total. The van der Waals surface area contributed by atoms with Crippen LogP contribution in [0.1, 0.15) is 12.1 Å². The van der Waals surface area contributed by atoms with E-state index in [1.54, 1.807) is 6.07 Å². The topological polar surface area (TPSA) is 103 Å². The lowest BCUT2D eigenvalue weighted by Gasteiger charge is -2.10. The number of carbonyl (C=O) groups excluding carboxylic acids is 1. The molecule has 2 aromatic heterocycles. The number of ether oxygens (including phenoxy) is 1. The second-order valence-corrected chi connectivity index (χ2v) is 9.88. The number of nitrogens with zero attached hydrogens (tertiary/aromatic N) is 3. The third-order valence-corrected chi connectivity index (χ3v) is 6.47. The highest BCUT2D eigenvalue weighted by molar-refractivity contribution is 7.90. The van der Waals surface area contributed by atoms with Crippen LogP contribution >= 0.6 is 23.2 Å². The van der Waals surface area contributed by atoms with E-state index >= 15 is 0 Å². The average Bonchev–Trinajstić information content (AvgIpc) is 3.17. The molecule has 0 radical (unpaired) electrons. The van der Waals surface area contributed by atoms with Gasteiger partial charge in [-0.1, -0.05) is 35.3 Å². The number of fused-ring (bicyclic) bond motifs is 1. The molecule has 4 rings (SSSR count). The fourth-order valence-corrected chi connectivity index (χ4v) is 4.01. The summed E-state index contributed by atoms with van der Waals surface area (Å²) in [6.45, 7) is 0. The smallest absolute Gasteiger partial charge is 0.404 e. The number of hydrogen-bond acceptors (Lipinski definition) is 6. The first-order chi connectivity index (χ1) is 16.0. The molecule has 0 atom stereocenters. The normalized spacial score (nSPS) is 11.7. The van der Waals surface area contributed by atoms with Crippen molar-refractivity contribution in [2.24, 2.45) is 0 Å². The molecule has 13 heteroatoms. The molecule has 0 aliphatic carbocycles. The predicted molar refractivity (Wildman–Crippen MR) is 123 cm³/mol. The molecule has 0 spiro atoms. The van der Waals surface area contributed by atoms with Crippen LogP contribution in [-0.2, 0) is 9.84 Å². The van der Waals surface area contributed by atoms with Gasteiger partial charge in [-0.2, -0.15) is 5.10 Å². The van der Waals surface area contributed by atoms with Gasteiger partial charge in [0.15, 0.2) is 21.2 Å². The van der Waals surface area contributed by atoms with Gasteiger partial charge in [0, 0.05) is 17.5 Å². The van der Waals surface area contributed by atoms with E-state index in [1.807, 2.05) is 0 Å². The van der Waals surface area contributed by atoms with E-state index in [-0.39, 0.29) is 37.7 Å². The zero-order valence-electron chi connectivity index (χ0n) is 17.2. The van der Waals surface area contributed by atoms with Crippen LogP contribution in [0.5, 0.6) is 5.75 Å². The Morgan fingerprint density at radius 2 is 1.88 bits per heavy atom. The highest BCUT2D eigenvalue weighted by Gasteiger charge is 2.21. The number of halogens is 4. The highest BCUT2D eigenvalue weighted by Crippen LogP contribution is 2.32. The van der Waals surface area contributed by atoms with Crippen molar-refractivity contribution in [3.05, 3.63) is 70.5 Å². The van der Waals surface area contributed by atoms with E-state index in [0.717, 1.165) is 23.0 Å². The van der Waals surface area contributed by atoms with Crippen molar-refractivity contribution in [3.8, 4) is 17.0 Å². The minimum absolute atomic E-state index is 0.00390. The minimum Gasteiger partial charge on any atom is -0.404 e. The van der Waals surface area contributed by atoms with Gasteiger partial charge in [-0.05, 0) is 36.4 Å². The largest absolute Gasteiger partial charge is 0.417 e. The van der Waals surface area contributed by atoms with E-state index in [0.29, 0.717) is 5.56 Å². The van der Waals surface area contributed by atoms with Gasteiger partial charge in [0.2, 0.25) is 0 Å². The maximum Gasteiger partial charge on any atom is 0.417 e. The first-order valence-corrected chi connectivity index (χ1v) is 12.1. The molecule has 0 unspecified atom stereocenters. The van der Waals surface area contributed by atoms with Gasteiger partial charge < -0.3 is 4.74 Å². The van der Waals surface area contributed by atoms with Gasteiger partial charge in [0.05, 0.1) is 26.8 Å². The predicted octanol–water partition coefficient (Wildman–Crippen LogP) is 5.66. The van der Waals surface area contributed by atoms with Crippen molar-refractivity contribution in [2.75, 3.05) is 11.6 Å². The molecular formula is C21H14Cl2F2N4O4S. The van der Waals surface area contributed by atoms with Gasteiger partial charge in [-0.25, -0.2) is 31.5 Å². The van der Waals surface area contributed by atoms with E-state index in [9.17, 15) is 22.0 Å². The molecule has 176 valence electrons. The number of anilines is 1. The summed E-state index contributed by atoms with van der Waals surface area (Å²) in [7, 11) is -3.49. The molecule has 8 nitrogen and oxygen atoms in total. The van der Waals surface area contributed by atoms with Crippen molar-refractivity contribution in [1.29, 1.82) is 0 Å². The molecule has 2 heterocycles. The first kappa shape index (κ1) is 23.9. The number of rotatable bonds is 5. The number of amides is 1. The van der Waals surface area contributed by atoms with E-state index < -0.39 is 28.0 Å². The summed E-state index contributed by atoms with van der Waals surface area (Å²) in [5.41, 5.74) is 0.0733. The van der Waals surface area contributed by atoms with Crippen LogP contribution in [0.4, 0.5) is 19.3 Å². The summed E-state index contributed by atoms with van der Waals surface area (Å²) >= 11 is 12.0. The number of carbonyl (C=O) groups is 1. The Balaban J connectivity index is 1.69. The van der Waals surface area contributed by atoms with Gasteiger partial charge in [0.1, 0.15) is 5.69 Å². The van der Waals surface area contributed by atoms with Gasteiger partial charge in [0.25, 0.3) is 6.43 Å². The summed E-state index contributed by atoms with van der Waals surface area (Å²) in [5, 5.41) is 6.73. The molecule has 2 aromatic carbocycles. The summed E-state index contributed by atoms with van der Waals surface area (Å²) in [6.07, 6.45) is -1.81. The molecule has 34 heavy (non-hydrogen) atoms. The van der Waals surface area contributed by atoms with Crippen LogP contribution in [0, 0.1) is 0 Å². The second-order valence-electron chi connectivity index (χ2n) is 7.05. The van der Waals surface area contributed by atoms with Crippen molar-refractivity contribution >= 4 is 50.5 Å². The summed E-state index contributed by atoms with van der Waals surface area (Å²) in [6, 6.07) is 11.2. The standard InChI is InChI=1S/C21H14Cl2F2N4O4S/c1-34(31,32)13-4-2-3-12(8-13)27-21(30)33-18-10-26-29-17(19(24)25)9-16(28-20(18)29)11-5-6-14(22)15(23)7-11/h2-10,19H,1H3,(H,27,30). The molecule has 0 aliphatic heterocycles.